The van der Waals surface area contributed by atoms with Crippen molar-refractivity contribution < 1.29 is 14.3 Å². The topological polar surface area (TPSA) is 76.5 Å². The molecule has 0 spiro atoms. The summed E-state index contributed by atoms with van der Waals surface area (Å²) in [6.07, 6.45) is 3.36. The van der Waals surface area contributed by atoms with Crippen LogP contribution in [0.4, 0.5) is 0 Å². The maximum atomic E-state index is 13.8. The van der Waals surface area contributed by atoms with Crippen LogP contribution in [-0.2, 0) is 9.53 Å². The number of ether oxygens (including phenoxy) is 1. The van der Waals surface area contributed by atoms with Crippen molar-refractivity contribution in [2.24, 2.45) is 0 Å². The van der Waals surface area contributed by atoms with Crippen LogP contribution in [-0.4, -0.2) is 51.8 Å². The summed E-state index contributed by atoms with van der Waals surface area (Å²) in [5, 5.41) is 10.2. The number of nitrogens with zero attached hydrogens (tertiary/aromatic N) is 3. The van der Waals surface area contributed by atoms with Gasteiger partial charge < -0.3 is 15.0 Å². The molecule has 0 saturated carbocycles. The smallest absolute Gasteiger partial charge is 0.270 e. The lowest BCUT2D eigenvalue weighted by molar-refractivity contribution is -0.139. The number of amides is 2. The van der Waals surface area contributed by atoms with E-state index in [1.54, 1.807) is 51.3 Å². The molecule has 3 heterocycles. The maximum absolute atomic E-state index is 13.8. The zero-order valence-corrected chi connectivity index (χ0v) is 22.6. The molecule has 38 heavy (non-hydrogen) atoms. The van der Waals surface area contributed by atoms with Crippen LogP contribution in [0.5, 0.6) is 0 Å². The average Bonchev–Trinajstić information content (AvgIpc) is 3.58. The lowest BCUT2D eigenvalue weighted by Gasteiger charge is -2.35. The van der Waals surface area contributed by atoms with Crippen LogP contribution < -0.4 is 5.32 Å². The summed E-state index contributed by atoms with van der Waals surface area (Å²) in [6, 6.07) is 20.2. The molecule has 194 valence electrons. The van der Waals surface area contributed by atoms with Crippen molar-refractivity contribution in [2.45, 2.75) is 26.1 Å². The third-order valence-corrected chi connectivity index (χ3v) is 7.24. The van der Waals surface area contributed by atoms with Crippen LogP contribution in [0.25, 0.3) is 22.3 Å². The number of morpholine rings is 1. The number of carbonyl (C=O) groups excluding carboxylic acids is 2. The Balaban J connectivity index is 1.57. The highest BCUT2D eigenvalue weighted by atomic mass is 35.5. The first kappa shape index (κ1) is 25.9. The van der Waals surface area contributed by atoms with E-state index in [0.717, 1.165) is 16.3 Å². The van der Waals surface area contributed by atoms with E-state index < -0.39 is 5.91 Å². The first-order valence-corrected chi connectivity index (χ1v) is 13.6. The van der Waals surface area contributed by atoms with Gasteiger partial charge >= 0.3 is 0 Å². The minimum atomic E-state index is -0.399. The van der Waals surface area contributed by atoms with Gasteiger partial charge in [0.2, 0.25) is 0 Å². The normalized spacial score (nSPS) is 17.9. The summed E-state index contributed by atoms with van der Waals surface area (Å²) >= 11 is 7.56. The molecule has 1 aliphatic heterocycles. The molecule has 2 aromatic carbocycles. The molecule has 4 aromatic rings. The SMILES string of the molecule is C[C@@H]1CN(C(=O)/C(=C/c2cn(-c3ccccc3)nc2-c2cccs2)NC(=O)c2ccc(Cl)cc2)C[C@@H](C)O1. The summed E-state index contributed by atoms with van der Waals surface area (Å²) in [6.45, 7) is 4.73. The van der Waals surface area contributed by atoms with Crippen molar-refractivity contribution in [2.75, 3.05) is 13.1 Å². The van der Waals surface area contributed by atoms with Crippen molar-refractivity contribution in [3.05, 3.63) is 100 Å². The molecule has 1 fully saturated rings. The number of nitrogens with one attached hydrogen (secondary N) is 1. The molecule has 9 heteroatoms. The van der Waals surface area contributed by atoms with Crippen LogP contribution in [0.15, 0.2) is 84.0 Å². The Morgan fingerprint density at radius 3 is 2.39 bits per heavy atom. The molecule has 0 aliphatic carbocycles. The number of halogens is 1. The predicted octanol–water partition coefficient (Wildman–Crippen LogP) is 5.66. The molecule has 2 amide bonds. The summed E-state index contributed by atoms with van der Waals surface area (Å²) in [5.74, 6) is -0.678. The molecule has 0 unspecified atom stereocenters. The van der Waals surface area contributed by atoms with Gasteiger partial charge in [0.1, 0.15) is 11.4 Å². The molecule has 5 rings (SSSR count). The fourth-order valence-corrected chi connectivity index (χ4v) is 5.28. The number of hydrogen-bond donors (Lipinski definition) is 1. The van der Waals surface area contributed by atoms with E-state index in [-0.39, 0.29) is 23.8 Å². The van der Waals surface area contributed by atoms with E-state index >= 15 is 0 Å². The molecule has 0 radical (unpaired) electrons. The molecule has 7 nitrogen and oxygen atoms in total. The second-order valence-corrected chi connectivity index (χ2v) is 10.6. The Kier molecular flexibility index (Phi) is 7.74. The second-order valence-electron chi connectivity index (χ2n) is 9.18. The van der Waals surface area contributed by atoms with Crippen molar-refractivity contribution in [1.29, 1.82) is 0 Å². The van der Waals surface area contributed by atoms with E-state index in [2.05, 4.69) is 5.32 Å². The standard InChI is InChI=1S/C29H27ClN4O3S/c1-19-16-33(17-20(2)37-19)29(36)25(31-28(35)21-10-12-23(30)13-11-21)15-22-18-34(24-7-4-3-5-8-24)32-27(22)26-9-6-14-38-26/h3-15,18-20H,16-17H2,1-2H3,(H,31,35)/b25-15-/t19-,20-/m1/s1. The number of aromatic nitrogens is 2. The quantitative estimate of drug-likeness (QED) is 0.317. The Morgan fingerprint density at radius 1 is 1.03 bits per heavy atom. The average molecular weight is 547 g/mol. The van der Waals surface area contributed by atoms with Gasteiger partial charge in [-0.2, -0.15) is 5.10 Å². The Morgan fingerprint density at radius 2 is 1.74 bits per heavy atom. The molecule has 2 aromatic heterocycles. The van der Waals surface area contributed by atoms with Gasteiger partial charge in [0.25, 0.3) is 11.8 Å². The minimum absolute atomic E-state index is 0.113. The van der Waals surface area contributed by atoms with Crippen LogP contribution >= 0.6 is 22.9 Å². The minimum Gasteiger partial charge on any atom is -0.372 e. The third kappa shape index (κ3) is 5.88. The van der Waals surface area contributed by atoms with E-state index in [1.165, 1.54) is 0 Å². The Labute approximate surface area is 230 Å². The van der Waals surface area contributed by atoms with Gasteiger partial charge in [-0.1, -0.05) is 35.9 Å². The number of carbonyl (C=O) groups is 2. The van der Waals surface area contributed by atoms with Crippen molar-refractivity contribution in [1.82, 2.24) is 20.0 Å². The van der Waals surface area contributed by atoms with Gasteiger partial charge in [0.15, 0.2) is 0 Å². The highest BCUT2D eigenvalue weighted by Crippen LogP contribution is 2.29. The first-order valence-electron chi connectivity index (χ1n) is 12.3. The third-order valence-electron chi connectivity index (χ3n) is 6.11. The van der Waals surface area contributed by atoms with Gasteiger partial charge in [-0.3, -0.25) is 9.59 Å². The van der Waals surface area contributed by atoms with Crippen LogP contribution in [0.2, 0.25) is 5.02 Å². The summed E-state index contributed by atoms with van der Waals surface area (Å²) in [5.41, 5.74) is 2.88. The van der Waals surface area contributed by atoms with Gasteiger partial charge in [-0.15, -0.1) is 11.3 Å². The van der Waals surface area contributed by atoms with E-state index in [4.69, 9.17) is 21.4 Å². The number of thiophene rings is 1. The van der Waals surface area contributed by atoms with Crippen LogP contribution in [0.3, 0.4) is 0 Å². The number of benzene rings is 2. The fraction of sp³-hybridized carbons (Fsp3) is 0.207. The first-order chi connectivity index (χ1) is 18.4. The van der Waals surface area contributed by atoms with Gasteiger partial charge in [0, 0.05) is 35.4 Å². The maximum Gasteiger partial charge on any atom is 0.270 e. The summed E-state index contributed by atoms with van der Waals surface area (Å²) in [7, 11) is 0. The molecule has 2 atom stereocenters. The van der Waals surface area contributed by atoms with Crippen molar-refractivity contribution in [3.63, 3.8) is 0 Å². The molecule has 1 aliphatic rings. The largest absolute Gasteiger partial charge is 0.372 e. The zero-order valence-electron chi connectivity index (χ0n) is 21.0. The number of para-hydroxylation sites is 1. The van der Waals surface area contributed by atoms with Crippen LogP contribution in [0.1, 0.15) is 29.8 Å². The van der Waals surface area contributed by atoms with Crippen molar-refractivity contribution in [3.8, 4) is 16.3 Å². The van der Waals surface area contributed by atoms with Gasteiger partial charge in [0.05, 0.1) is 22.8 Å². The zero-order chi connectivity index (χ0) is 26.6. The van der Waals surface area contributed by atoms with E-state index in [1.807, 2.05) is 67.9 Å². The van der Waals surface area contributed by atoms with Crippen molar-refractivity contribution >= 4 is 40.8 Å². The molecular weight excluding hydrogens is 520 g/mol. The Bertz CT molecular complexity index is 1440. The number of rotatable bonds is 6. The highest BCUT2D eigenvalue weighted by Gasteiger charge is 2.29. The fourth-order valence-electron chi connectivity index (χ4n) is 4.43. The molecule has 0 bridgehead atoms. The van der Waals surface area contributed by atoms with Gasteiger partial charge in [-0.25, -0.2) is 4.68 Å². The summed E-state index contributed by atoms with van der Waals surface area (Å²) < 4.78 is 7.60. The highest BCUT2D eigenvalue weighted by molar-refractivity contribution is 7.13. The second kappa shape index (κ2) is 11.3. The van der Waals surface area contributed by atoms with Crippen LogP contribution in [0, 0.1) is 0 Å². The molecule has 1 N–H and O–H groups in total. The molecular formula is C29H27ClN4O3S. The molecule has 1 saturated heterocycles. The Hall–Kier alpha value is -3.72. The lowest BCUT2D eigenvalue weighted by atomic mass is 10.1. The van der Waals surface area contributed by atoms with Gasteiger partial charge in [-0.05, 0) is 67.8 Å². The number of hydrogen-bond acceptors (Lipinski definition) is 5. The van der Waals surface area contributed by atoms with E-state index in [0.29, 0.717) is 29.2 Å². The van der Waals surface area contributed by atoms with E-state index in [9.17, 15) is 9.59 Å². The lowest BCUT2D eigenvalue weighted by Crippen LogP contribution is -2.50. The summed E-state index contributed by atoms with van der Waals surface area (Å²) in [4.78, 5) is 29.7. The predicted molar refractivity (Wildman–Crippen MR) is 150 cm³/mol. The monoisotopic (exact) mass is 546 g/mol.